The lowest BCUT2D eigenvalue weighted by atomic mass is 10.1. The Kier molecular flexibility index (Phi) is 5.11. The Morgan fingerprint density at radius 2 is 1.88 bits per heavy atom. The largest absolute Gasteiger partial charge is 0.481 e. The number of aryl methyl sites for hydroxylation is 1. The molecule has 0 fully saturated rings. The number of para-hydroxylation sites is 2. The van der Waals surface area contributed by atoms with Crippen LogP contribution in [0.3, 0.4) is 0 Å². The molecule has 0 aliphatic carbocycles. The molecule has 2 aromatic carbocycles. The van der Waals surface area contributed by atoms with Gasteiger partial charge in [0.25, 0.3) is 11.8 Å². The first-order valence-corrected chi connectivity index (χ1v) is 8.51. The fourth-order valence-corrected chi connectivity index (χ4v) is 2.83. The molecule has 3 rings (SSSR count). The summed E-state index contributed by atoms with van der Waals surface area (Å²) in [5.74, 6) is 0.628. The lowest BCUT2D eigenvalue weighted by Gasteiger charge is -2.35. The van der Waals surface area contributed by atoms with Crippen molar-refractivity contribution in [2.45, 2.75) is 26.1 Å². The monoisotopic (exact) mass is 354 g/mol. The molecule has 0 unspecified atom stereocenters. The van der Waals surface area contributed by atoms with Gasteiger partial charge in [-0.05, 0) is 38.1 Å². The minimum absolute atomic E-state index is 0.136. The second kappa shape index (κ2) is 7.47. The number of ether oxygens (including phenoxy) is 2. The van der Waals surface area contributed by atoms with E-state index in [0.29, 0.717) is 17.2 Å². The summed E-state index contributed by atoms with van der Waals surface area (Å²) in [6, 6.07) is 14.7. The van der Waals surface area contributed by atoms with Crippen molar-refractivity contribution < 1.29 is 19.1 Å². The maximum Gasteiger partial charge on any atom is 0.268 e. The number of anilines is 1. The normalized spacial score (nSPS) is 16.9. The molecule has 0 saturated heterocycles. The number of amides is 2. The molecule has 0 radical (unpaired) electrons. The van der Waals surface area contributed by atoms with Crippen LogP contribution in [0.25, 0.3) is 0 Å². The van der Waals surface area contributed by atoms with Crippen LogP contribution >= 0.6 is 0 Å². The van der Waals surface area contributed by atoms with E-state index in [0.717, 1.165) is 5.56 Å². The van der Waals surface area contributed by atoms with Gasteiger partial charge in [-0.1, -0.05) is 29.8 Å². The van der Waals surface area contributed by atoms with E-state index in [2.05, 4.69) is 5.32 Å². The summed E-state index contributed by atoms with van der Waals surface area (Å²) in [6.45, 7) is 3.83. The van der Waals surface area contributed by atoms with Crippen LogP contribution in [0.5, 0.6) is 11.5 Å². The fraction of sp³-hybridized carbons (Fsp3) is 0.300. The molecule has 0 aromatic heterocycles. The first-order chi connectivity index (χ1) is 12.5. The predicted molar refractivity (Wildman–Crippen MR) is 98.5 cm³/mol. The van der Waals surface area contributed by atoms with Gasteiger partial charge in [-0.2, -0.15) is 0 Å². The molecule has 0 spiro atoms. The zero-order chi connectivity index (χ0) is 18.7. The Morgan fingerprint density at radius 3 is 2.58 bits per heavy atom. The van der Waals surface area contributed by atoms with Gasteiger partial charge in [0.2, 0.25) is 0 Å². The molecule has 1 N–H and O–H groups in total. The number of carbonyl (C=O) groups is 2. The van der Waals surface area contributed by atoms with E-state index in [1.807, 2.05) is 37.3 Å². The number of carbonyl (C=O) groups excluding carboxylic acids is 2. The van der Waals surface area contributed by atoms with Gasteiger partial charge < -0.3 is 19.7 Å². The lowest BCUT2D eigenvalue weighted by Crippen LogP contribution is -2.52. The number of nitrogens with zero attached hydrogens (tertiary/aromatic N) is 1. The lowest BCUT2D eigenvalue weighted by molar-refractivity contribution is -0.129. The zero-order valence-electron chi connectivity index (χ0n) is 15.1. The van der Waals surface area contributed by atoms with Gasteiger partial charge in [0.1, 0.15) is 11.5 Å². The van der Waals surface area contributed by atoms with Gasteiger partial charge >= 0.3 is 0 Å². The summed E-state index contributed by atoms with van der Waals surface area (Å²) in [7, 11) is 1.54. The number of likely N-dealkylation sites (N-methyl/N-ethyl adjacent to an activating group) is 1. The van der Waals surface area contributed by atoms with Crippen molar-refractivity contribution in [2.75, 3.05) is 18.5 Å². The van der Waals surface area contributed by atoms with Crippen LogP contribution in [0.1, 0.15) is 12.5 Å². The highest BCUT2D eigenvalue weighted by Gasteiger charge is 2.35. The smallest absolute Gasteiger partial charge is 0.268 e. The average Bonchev–Trinajstić information content (AvgIpc) is 2.67. The van der Waals surface area contributed by atoms with Crippen molar-refractivity contribution >= 4 is 17.5 Å². The van der Waals surface area contributed by atoms with Gasteiger partial charge in [0, 0.05) is 7.05 Å². The topological polar surface area (TPSA) is 67.9 Å². The summed E-state index contributed by atoms with van der Waals surface area (Å²) in [6.07, 6.45) is -1.46. The summed E-state index contributed by atoms with van der Waals surface area (Å²) < 4.78 is 11.5. The highest BCUT2D eigenvalue weighted by molar-refractivity contribution is 5.99. The minimum Gasteiger partial charge on any atom is -0.481 e. The molecule has 26 heavy (non-hydrogen) atoms. The molecular formula is C20H22N2O4. The maximum absolute atomic E-state index is 13.0. The van der Waals surface area contributed by atoms with Crippen LogP contribution in [-0.2, 0) is 9.59 Å². The second-order valence-corrected chi connectivity index (χ2v) is 6.21. The number of nitrogens with one attached hydrogen (secondary N) is 1. The van der Waals surface area contributed by atoms with Crippen LogP contribution < -0.4 is 19.7 Å². The van der Waals surface area contributed by atoms with Crippen molar-refractivity contribution in [3.8, 4) is 11.5 Å². The standard InChI is InChI=1S/C20H22N2O4/c1-13-8-10-15(11-9-13)25-14(2)20(24)22-12-18(19(23)21-3)26-17-7-5-4-6-16(17)22/h4-11,14,18H,12H2,1-3H3,(H,21,23)/t14-,18-/m1/s1. The van der Waals surface area contributed by atoms with Crippen molar-refractivity contribution in [3.05, 3.63) is 54.1 Å². The van der Waals surface area contributed by atoms with Crippen molar-refractivity contribution in [1.82, 2.24) is 5.32 Å². The average molecular weight is 354 g/mol. The summed E-state index contributed by atoms with van der Waals surface area (Å²) >= 11 is 0. The Labute approximate surface area is 152 Å². The van der Waals surface area contributed by atoms with Gasteiger partial charge in [-0.15, -0.1) is 0 Å². The molecule has 1 aliphatic heterocycles. The zero-order valence-corrected chi connectivity index (χ0v) is 15.1. The Hall–Kier alpha value is -3.02. The van der Waals surface area contributed by atoms with E-state index < -0.39 is 12.2 Å². The van der Waals surface area contributed by atoms with Crippen LogP contribution in [-0.4, -0.2) is 37.6 Å². The SMILES string of the molecule is CNC(=O)[C@H]1CN(C(=O)[C@@H](C)Oc2ccc(C)cc2)c2ccccc2O1. The molecule has 2 aromatic rings. The molecule has 1 aliphatic rings. The van der Waals surface area contributed by atoms with Crippen molar-refractivity contribution in [3.63, 3.8) is 0 Å². The van der Waals surface area contributed by atoms with Crippen LogP contribution in [0, 0.1) is 6.92 Å². The van der Waals surface area contributed by atoms with E-state index >= 15 is 0 Å². The van der Waals surface area contributed by atoms with Gasteiger partial charge in [0.05, 0.1) is 12.2 Å². The third-order valence-electron chi connectivity index (χ3n) is 4.26. The van der Waals surface area contributed by atoms with Gasteiger partial charge in [-0.3, -0.25) is 9.59 Å². The molecule has 136 valence electrons. The summed E-state index contributed by atoms with van der Waals surface area (Å²) in [4.78, 5) is 26.6. The second-order valence-electron chi connectivity index (χ2n) is 6.21. The van der Waals surface area contributed by atoms with E-state index in [4.69, 9.17) is 9.47 Å². The van der Waals surface area contributed by atoms with Crippen molar-refractivity contribution in [1.29, 1.82) is 0 Å². The van der Waals surface area contributed by atoms with Crippen LogP contribution in [0.15, 0.2) is 48.5 Å². The minimum atomic E-state index is -0.759. The molecule has 6 heteroatoms. The number of benzene rings is 2. The van der Waals surface area contributed by atoms with E-state index in [-0.39, 0.29) is 18.4 Å². The van der Waals surface area contributed by atoms with Gasteiger partial charge in [0.15, 0.2) is 12.2 Å². The molecule has 0 saturated carbocycles. The summed E-state index contributed by atoms with van der Waals surface area (Å²) in [5, 5.41) is 2.57. The molecule has 0 bridgehead atoms. The highest BCUT2D eigenvalue weighted by atomic mass is 16.5. The summed E-state index contributed by atoms with van der Waals surface area (Å²) in [5.41, 5.74) is 1.75. The third kappa shape index (κ3) is 3.64. The molecule has 2 amide bonds. The van der Waals surface area contributed by atoms with Crippen molar-refractivity contribution in [2.24, 2.45) is 0 Å². The first-order valence-electron chi connectivity index (χ1n) is 8.51. The van der Waals surface area contributed by atoms with E-state index in [1.54, 1.807) is 37.1 Å². The van der Waals surface area contributed by atoms with Crippen LogP contribution in [0.2, 0.25) is 0 Å². The maximum atomic E-state index is 13.0. The van der Waals surface area contributed by atoms with Crippen LogP contribution in [0.4, 0.5) is 5.69 Å². The molecule has 6 nitrogen and oxygen atoms in total. The quantitative estimate of drug-likeness (QED) is 0.915. The highest BCUT2D eigenvalue weighted by Crippen LogP contribution is 2.33. The number of rotatable bonds is 4. The van der Waals surface area contributed by atoms with Gasteiger partial charge in [-0.25, -0.2) is 0 Å². The first kappa shape index (κ1) is 17.8. The Morgan fingerprint density at radius 1 is 1.19 bits per heavy atom. The predicted octanol–water partition coefficient (Wildman–Crippen LogP) is 2.30. The third-order valence-corrected chi connectivity index (χ3v) is 4.26. The van der Waals surface area contributed by atoms with E-state index in [1.165, 1.54) is 0 Å². The molecule has 2 atom stereocenters. The number of hydrogen-bond acceptors (Lipinski definition) is 4. The number of hydrogen-bond donors (Lipinski definition) is 1. The Bertz CT molecular complexity index is 804. The molecular weight excluding hydrogens is 332 g/mol. The Balaban J connectivity index is 1.82. The molecule has 1 heterocycles. The fourth-order valence-electron chi connectivity index (χ4n) is 2.83. The number of fused-ring (bicyclic) bond motifs is 1. The van der Waals surface area contributed by atoms with E-state index in [9.17, 15) is 9.59 Å².